The fraction of sp³-hybridized carbons (Fsp3) is 0.833. The summed E-state index contributed by atoms with van der Waals surface area (Å²) in [6.07, 6.45) is 5.30. The molecule has 0 saturated carbocycles. The van der Waals surface area contributed by atoms with Crippen molar-refractivity contribution in [3.8, 4) is 0 Å². The Morgan fingerprint density at radius 2 is 1.86 bits per heavy atom. The van der Waals surface area contributed by atoms with Crippen LogP contribution in [0, 0.1) is 0 Å². The van der Waals surface area contributed by atoms with E-state index in [1.54, 1.807) is 7.05 Å². The fourth-order valence-corrected chi connectivity index (χ4v) is 5.95. The topological polar surface area (TPSA) is 80.1 Å². The minimum atomic E-state index is -3.60. The Labute approximate surface area is 133 Å². The minimum Gasteiger partial charge on any atom is -0.300 e. The smallest absolute Gasteiger partial charge is 0.260 e. The summed E-state index contributed by atoms with van der Waals surface area (Å²) in [5.41, 5.74) is 0. The number of rotatable bonds is 3. The molecule has 0 spiro atoms. The molecule has 0 aliphatic carbocycles. The number of aryl methyl sites for hydroxylation is 1. The molecule has 2 fully saturated rings. The molecule has 1 N–H and O–H groups in total. The first-order valence-electron chi connectivity index (χ1n) is 7.18. The van der Waals surface area contributed by atoms with Gasteiger partial charge >= 0.3 is 0 Å². The Bertz CT molecular complexity index is 598. The van der Waals surface area contributed by atoms with Crippen LogP contribution >= 0.6 is 15.9 Å². The van der Waals surface area contributed by atoms with E-state index in [1.165, 1.54) is 11.1 Å². The first-order valence-corrected chi connectivity index (χ1v) is 9.45. The van der Waals surface area contributed by atoms with Crippen molar-refractivity contribution >= 4 is 26.0 Å². The largest absolute Gasteiger partial charge is 0.300 e. The molecule has 2 bridgehead atoms. The van der Waals surface area contributed by atoms with Crippen LogP contribution in [0.1, 0.15) is 32.1 Å². The lowest BCUT2D eigenvalue weighted by atomic mass is 9.83. The first kappa shape index (κ1) is 15.4. The van der Waals surface area contributed by atoms with Gasteiger partial charge in [-0.3, -0.25) is 0 Å². The number of hydrogen-bond acceptors (Lipinski definition) is 5. The third-order valence-electron chi connectivity index (χ3n) is 4.65. The first-order chi connectivity index (χ1) is 9.88. The summed E-state index contributed by atoms with van der Waals surface area (Å²) in [6.45, 7) is 0. The molecule has 0 amide bonds. The Hall–Kier alpha value is -0.510. The van der Waals surface area contributed by atoms with Crippen LogP contribution in [-0.2, 0) is 17.1 Å². The number of sulfonamides is 1. The van der Waals surface area contributed by atoms with Crippen LogP contribution in [0.4, 0.5) is 0 Å². The van der Waals surface area contributed by atoms with Crippen molar-refractivity contribution in [3.05, 3.63) is 4.60 Å². The summed E-state index contributed by atoms with van der Waals surface area (Å²) in [4.78, 5) is 2.41. The van der Waals surface area contributed by atoms with Crippen LogP contribution < -0.4 is 4.72 Å². The van der Waals surface area contributed by atoms with Gasteiger partial charge in [0.2, 0.25) is 5.03 Å². The third-order valence-corrected chi connectivity index (χ3v) is 7.06. The Morgan fingerprint density at radius 1 is 1.24 bits per heavy atom. The summed E-state index contributed by atoms with van der Waals surface area (Å²) in [7, 11) is 0.129. The van der Waals surface area contributed by atoms with Gasteiger partial charge in [0.05, 0.1) is 0 Å². The van der Waals surface area contributed by atoms with E-state index in [0.717, 1.165) is 25.7 Å². The number of nitrogens with one attached hydrogen (secondary N) is 1. The molecule has 0 radical (unpaired) electrons. The van der Waals surface area contributed by atoms with E-state index in [9.17, 15) is 8.42 Å². The normalized spacial score (nSPS) is 30.5. The van der Waals surface area contributed by atoms with Crippen molar-refractivity contribution in [2.24, 2.45) is 7.05 Å². The van der Waals surface area contributed by atoms with Crippen molar-refractivity contribution in [2.75, 3.05) is 7.05 Å². The van der Waals surface area contributed by atoms with Crippen LogP contribution in [0.2, 0.25) is 0 Å². The molecule has 2 atom stereocenters. The summed E-state index contributed by atoms with van der Waals surface area (Å²) < 4.78 is 29.5. The highest BCUT2D eigenvalue weighted by Gasteiger charge is 2.38. The fourth-order valence-electron chi connectivity index (χ4n) is 3.60. The van der Waals surface area contributed by atoms with E-state index in [2.05, 4.69) is 42.9 Å². The molecular formula is C12H20BrN5O2S. The lowest BCUT2D eigenvalue weighted by molar-refractivity contribution is 0.0536. The molecule has 1 aromatic rings. The van der Waals surface area contributed by atoms with Gasteiger partial charge in [-0.05, 0) is 48.7 Å². The molecule has 2 unspecified atom stereocenters. The lowest BCUT2D eigenvalue weighted by Crippen LogP contribution is -2.55. The minimum absolute atomic E-state index is 0.0108. The summed E-state index contributed by atoms with van der Waals surface area (Å²) in [5.74, 6) is 0. The quantitative estimate of drug-likeness (QED) is 0.845. The van der Waals surface area contributed by atoms with Gasteiger partial charge in [-0.1, -0.05) is 11.6 Å². The third kappa shape index (κ3) is 2.88. The van der Waals surface area contributed by atoms with E-state index in [-0.39, 0.29) is 15.7 Å². The van der Waals surface area contributed by atoms with Gasteiger partial charge in [0.1, 0.15) is 0 Å². The van der Waals surface area contributed by atoms with Gasteiger partial charge < -0.3 is 4.90 Å². The highest BCUT2D eigenvalue weighted by atomic mass is 79.9. The molecule has 1 aromatic heterocycles. The number of hydrogen-bond donors (Lipinski definition) is 1. The second-order valence-electron chi connectivity index (χ2n) is 6.00. The molecule has 2 aliphatic rings. The number of aromatic nitrogens is 3. The van der Waals surface area contributed by atoms with Crippen LogP contribution in [0.15, 0.2) is 9.63 Å². The zero-order valence-electron chi connectivity index (χ0n) is 12.2. The summed E-state index contributed by atoms with van der Waals surface area (Å²) >= 11 is 3.15. The zero-order valence-corrected chi connectivity index (χ0v) is 14.6. The van der Waals surface area contributed by atoms with Crippen LogP contribution in [-0.4, -0.2) is 53.5 Å². The highest BCUT2D eigenvalue weighted by Crippen LogP contribution is 2.33. The second kappa shape index (κ2) is 5.60. The molecule has 2 aliphatic heterocycles. The van der Waals surface area contributed by atoms with Crippen molar-refractivity contribution in [2.45, 2.75) is 55.3 Å². The van der Waals surface area contributed by atoms with Gasteiger partial charge in [-0.25, -0.2) is 17.8 Å². The number of fused-ring (bicyclic) bond motifs is 2. The second-order valence-corrected chi connectivity index (χ2v) is 8.38. The standard InChI is InChI=1S/C12H20BrN5O2S/c1-17-9-4-3-5-10(17)7-8(6-9)15-21(19,20)12-11(13)14-16-18(12)2/h8-10,15H,3-7H2,1-2H3. The number of piperidine rings is 2. The van der Waals surface area contributed by atoms with E-state index in [0.29, 0.717) is 12.1 Å². The van der Waals surface area contributed by atoms with Gasteiger partial charge in [0.15, 0.2) is 4.60 Å². The SMILES string of the molecule is CN1C2CCCC1CC(NS(=O)(=O)c1c(Br)nnn1C)C2. The molecule has 0 aromatic carbocycles. The number of halogens is 1. The molecule has 7 nitrogen and oxygen atoms in total. The molecule has 3 heterocycles. The van der Waals surface area contributed by atoms with Crippen LogP contribution in [0.5, 0.6) is 0 Å². The summed E-state index contributed by atoms with van der Waals surface area (Å²) in [6, 6.07) is 0.958. The molecule has 118 valence electrons. The maximum Gasteiger partial charge on any atom is 0.260 e. The Kier molecular flexibility index (Phi) is 4.10. The molecule has 3 rings (SSSR count). The van der Waals surface area contributed by atoms with Crippen molar-refractivity contribution in [3.63, 3.8) is 0 Å². The molecular weight excluding hydrogens is 358 g/mol. The van der Waals surface area contributed by atoms with Gasteiger partial charge in [0, 0.05) is 25.2 Å². The van der Waals surface area contributed by atoms with E-state index >= 15 is 0 Å². The van der Waals surface area contributed by atoms with Gasteiger partial charge in [-0.2, -0.15) is 0 Å². The van der Waals surface area contributed by atoms with E-state index in [1.807, 2.05) is 0 Å². The van der Waals surface area contributed by atoms with Crippen molar-refractivity contribution in [1.82, 2.24) is 24.6 Å². The zero-order chi connectivity index (χ0) is 15.2. The average molecular weight is 378 g/mol. The highest BCUT2D eigenvalue weighted by molar-refractivity contribution is 9.10. The Morgan fingerprint density at radius 3 is 2.38 bits per heavy atom. The number of nitrogens with zero attached hydrogens (tertiary/aromatic N) is 4. The maximum absolute atomic E-state index is 12.5. The monoisotopic (exact) mass is 377 g/mol. The van der Waals surface area contributed by atoms with Crippen LogP contribution in [0.3, 0.4) is 0 Å². The van der Waals surface area contributed by atoms with Crippen LogP contribution in [0.25, 0.3) is 0 Å². The predicted molar refractivity (Wildman–Crippen MR) is 81.2 cm³/mol. The lowest BCUT2D eigenvalue weighted by Gasteiger charge is -2.47. The van der Waals surface area contributed by atoms with E-state index < -0.39 is 10.0 Å². The van der Waals surface area contributed by atoms with Gasteiger partial charge in [0.25, 0.3) is 10.0 Å². The van der Waals surface area contributed by atoms with Gasteiger partial charge in [-0.15, -0.1) is 5.10 Å². The maximum atomic E-state index is 12.5. The van der Waals surface area contributed by atoms with E-state index in [4.69, 9.17) is 0 Å². The summed E-state index contributed by atoms with van der Waals surface area (Å²) in [5, 5.41) is 7.57. The Balaban J connectivity index is 1.78. The predicted octanol–water partition coefficient (Wildman–Crippen LogP) is 0.871. The van der Waals surface area contributed by atoms with Crippen molar-refractivity contribution < 1.29 is 8.42 Å². The molecule has 2 saturated heterocycles. The average Bonchev–Trinajstić information content (AvgIpc) is 2.70. The molecule has 21 heavy (non-hydrogen) atoms. The molecule has 9 heteroatoms. The van der Waals surface area contributed by atoms with Crippen molar-refractivity contribution in [1.29, 1.82) is 0 Å².